The van der Waals surface area contributed by atoms with Crippen LogP contribution in [0.3, 0.4) is 0 Å². The fraction of sp³-hybridized carbons (Fsp3) is 0.923. The lowest BCUT2D eigenvalue weighted by molar-refractivity contribution is 0.0517. The summed E-state index contributed by atoms with van der Waals surface area (Å²) in [6.45, 7) is 9.31. The zero-order valence-electron chi connectivity index (χ0n) is 11.7. The number of carbonyl (C=O) groups is 1. The number of likely N-dealkylation sites (tertiary alicyclic amines) is 1. The van der Waals surface area contributed by atoms with E-state index in [0.717, 1.165) is 32.5 Å². The summed E-state index contributed by atoms with van der Waals surface area (Å²) < 4.78 is 5.16. The van der Waals surface area contributed by atoms with Gasteiger partial charge in [-0.1, -0.05) is 0 Å². The minimum absolute atomic E-state index is 0.296. The fourth-order valence-corrected chi connectivity index (χ4v) is 2.02. The summed E-state index contributed by atoms with van der Waals surface area (Å²) in [5, 5.41) is 11.8. The third kappa shape index (κ3) is 6.21. The highest BCUT2D eigenvalue weighted by molar-refractivity contribution is 5.67. The summed E-state index contributed by atoms with van der Waals surface area (Å²) >= 11 is 0. The molecular formula is C13H26N2O3. The van der Waals surface area contributed by atoms with Gasteiger partial charge in [-0.25, -0.2) is 4.79 Å². The van der Waals surface area contributed by atoms with Gasteiger partial charge in [0.2, 0.25) is 0 Å². The second-order valence-corrected chi connectivity index (χ2v) is 5.90. The Hall–Kier alpha value is -0.810. The molecule has 1 heterocycles. The molecular weight excluding hydrogens is 232 g/mol. The minimum Gasteiger partial charge on any atom is -0.444 e. The second-order valence-electron chi connectivity index (χ2n) is 5.90. The quantitative estimate of drug-likeness (QED) is 0.796. The van der Waals surface area contributed by atoms with Crippen molar-refractivity contribution in [3.05, 3.63) is 0 Å². The number of aliphatic hydroxyl groups is 1. The van der Waals surface area contributed by atoms with Crippen molar-refractivity contribution in [1.29, 1.82) is 0 Å². The monoisotopic (exact) mass is 258 g/mol. The predicted molar refractivity (Wildman–Crippen MR) is 70.5 cm³/mol. The van der Waals surface area contributed by atoms with E-state index in [9.17, 15) is 4.79 Å². The molecule has 1 amide bonds. The van der Waals surface area contributed by atoms with Gasteiger partial charge in [0, 0.05) is 19.7 Å². The molecule has 18 heavy (non-hydrogen) atoms. The van der Waals surface area contributed by atoms with Crippen LogP contribution in [-0.4, -0.2) is 54.5 Å². The zero-order chi connectivity index (χ0) is 13.6. The van der Waals surface area contributed by atoms with Crippen molar-refractivity contribution in [2.45, 2.75) is 39.2 Å². The van der Waals surface area contributed by atoms with Gasteiger partial charge in [-0.2, -0.15) is 0 Å². The van der Waals surface area contributed by atoms with Crippen LogP contribution in [0.15, 0.2) is 0 Å². The number of alkyl carbamates (subject to hydrolysis) is 1. The van der Waals surface area contributed by atoms with E-state index >= 15 is 0 Å². The molecule has 2 N–H and O–H groups in total. The van der Waals surface area contributed by atoms with E-state index in [0.29, 0.717) is 19.1 Å². The fourth-order valence-electron chi connectivity index (χ4n) is 2.02. The number of nitrogens with one attached hydrogen (secondary N) is 1. The lowest BCUT2D eigenvalue weighted by Crippen LogP contribution is -2.41. The van der Waals surface area contributed by atoms with E-state index in [-0.39, 0.29) is 6.09 Å². The summed E-state index contributed by atoms with van der Waals surface area (Å²) in [6, 6.07) is 0. The molecule has 1 aliphatic rings. The molecule has 0 aliphatic carbocycles. The maximum absolute atomic E-state index is 11.4. The molecule has 0 radical (unpaired) electrons. The van der Waals surface area contributed by atoms with Crippen LogP contribution >= 0.6 is 0 Å². The number of carbonyl (C=O) groups excluding carboxylic acids is 1. The molecule has 0 spiro atoms. The van der Waals surface area contributed by atoms with E-state index in [2.05, 4.69) is 10.2 Å². The molecule has 1 fully saturated rings. The lowest BCUT2D eigenvalue weighted by atomic mass is 9.98. The largest absolute Gasteiger partial charge is 0.444 e. The first-order chi connectivity index (χ1) is 8.40. The summed E-state index contributed by atoms with van der Waals surface area (Å²) in [5.41, 5.74) is -0.441. The van der Waals surface area contributed by atoms with Crippen LogP contribution in [0.25, 0.3) is 0 Å². The Morgan fingerprint density at radius 3 is 2.50 bits per heavy atom. The first-order valence-corrected chi connectivity index (χ1v) is 6.71. The van der Waals surface area contributed by atoms with Crippen molar-refractivity contribution in [2.24, 2.45) is 5.92 Å². The standard InChI is InChI=1S/C13H26N2O3/c1-13(2,3)18-12(17)14-6-9-15-7-4-11(10-16)5-8-15/h11,16H,4-10H2,1-3H3,(H,14,17). The average Bonchev–Trinajstić information content (AvgIpc) is 2.27. The Morgan fingerprint density at radius 2 is 2.00 bits per heavy atom. The van der Waals surface area contributed by atoms with Crippen LogP contribution in [-0.2, 0) is 4.74 Å². The number of hydrogen-bond donors (Lipinski definition) is 2. The molecule has 0 aromatic rings. The Balaban J connectivity index is 2.10. The lowest BCUT2D eigenvalue weighted by Gasteiger charge is -2.31. The molecule has 0 atom stereocenters. The van der Waals surface area contributed by atoms with Crippen LogP contribution in [0.4, 0.5) is 4.79 Å². The molecule has 1 aliphatic heterocycles. The van der Waals surface area contributed by atoms with Gasteiger partial charge in [0.25, 0.3) is 0 Å². The Kier molecular flexibility index (Phi) is 5.88. The van der Waals surface area contributed by atoms with E-state index < -0.39 is 5.60 Å². The van der Waals surface area contributed by atoms with E-state index in [1.807, 2.05) is 20.8 Å². The first-order valence-electron chi connectivity index (χ1n) is 6.71. The van der Waals surface area contributed by atoms with Crippen LogP contribution in [0, 0.1) is 5.92 Å². The summed E-state index contributed by atoms with van der Waals surface area (Å²) in [7, 11) is 0. The molecule has 0 aromatic carbocycles. The van der Waals surface area contributed by atoms with Crippen LogP contribution < -0.4 is 5.32 Å². The zero-order valence-corrected chi connectivity index (χ0v) is 11.7. The third-order valence-corrected chi connectivity index (χ3v) is 3.06. The van der Waals surface area contributed by atoms with Crippen molar-refractivity contribution in [2.75, 3.05) is 32.8 Å². The highest BCUT2D eigenvalue weighted by atomic mass is 16.6. The normalized spacial score (nSPS) is 18.7. The highest BCUT2D eigenvalue weighted by Crippen LogP contribution is 2.15. The number of nitrogens with zero attached hydrogens (tertiary/aromatic N) is 1. The van der Waals surface area contributed by atoms with Crippen molar-refractivity contribution in [3.8, 4) is 0 Å². The number of aliphatic hydroxyl groups excluding tert-OH is 1. The molecule has 5 heteroatoms. The van der Waals surface area contributed by atoms with Gasteiger partial charge in [-0.15, -0.1) is 0 Å². The Bertz CT molecular complexity index is 255. The molecule has 0 saturated carbocycles. The first kappa shape index (κ1) is 15.2. The maximum atomic E-state index is 11.4. The number of ether oxygens (including phenoxy) is 1. The Labute approximate surface area is 109 Å². The molecule has 0 bridgehead atoms. The Morgan fingerprint density at radius 1 is 1.39 bits per heavy atom. The van der Waals surface area contributed by atoms with Crippen LogP contribution in [0.5, 0.6) is 0 Å². The van der Waals surface area contributed by atoms with Gasteiger partial charge < -0.3 is 20.1 Å². The van der Waals surface area contributed by atoms with Gasteiger partial charge in [-0.05, 0) is 52.6 Å². The van der Waals surface area contributed by atoms with Crippen molar-refractivity contribution >= 4 is 6.09 Å². The highest BCUT2D eigenvalue weighted by Gasteiger charge is 2.19. The van der Waals surface area contributed by atoms with Crippen LogP contribution in [0.1, 0.15) is 33.6 Å². The molecule has 5 nitrogen and oxygen atoms in total. The molecule has 1 rings (SSSR count). The predicted octanol–water partition coefficient (Wildman–Crippen LogP) is 1.22. The molecule has 1 saturated heterocycles. The SMILES string of the molecule is CC(C)(C)OC(=O)NCCN1CCC(CO)CC1. The van der Waals surface area contributed by atoms with Gasteiger partial charge >= 0.3 is 6.09 Å². The van der Waals surface area contributed by atoms with Crippen molar-refractivity contribution in [3.63, 3.8) is 0 Å². The van der Waals surface area contributed by atoms with E-state index in [4.69, 9.17) is 9.84 Å². The summed E-state index contributed by atoms with van der Waals surface area (Å²) in [6.07, 6.45) is 1.74. The third-order valence-electron chi connectivity index (χ3n) is 3.06. The topological polar surface area (TPSA) is 61.8 Å². The molecule has 0 aromatic heterocycles. The van der Waals surface area contributed by atoms with Gasteiger partial charge in [0.15, 0.2) is 0 Å². The number of piperidine rings is 1. The summed E-state index contributed by atoms with van der Waals surface area (Å²) in [4.78, 5) is 13.7. The second kappa shape index (κ2) is 6.95. The maximum Gasteiger partial charge on any atom is 0.407 e. The van der Waals surface area contributed by atoms with E-state index in [1.165, 1.54) is 0 Å². The summed E-state index contributed by atoms with van der Waals surface area (Å²) in [5.74, 6) is 0.458. The minimum atomic E-state index is -0.441. The van der Waals surface area contributed by atoms with E-state index in [1.54, 1.807) is 0 Å². The number of amides is 1. The van der Waals surface area contributed by atoms with Gasteiger partial charge in [0.05, 0.1) is 0 Å². The average molecular weight is 258 g/mol. The van der Waals surface area contributed by atoms with Crippen LogP contribution in [0.2, 0.25) is 0 Å². The van der Waals surface area contributed by atoms with Crippen molar-refractivity contribution in [1.82, 2.24) is 10.2 Å². The van der Waals surface area contributed by atoms with Gasteiger partial charge in [0.1, 0.15) is 5.60 Å². The number of hydrogen-bond acceptors (Lipinski definition) is 4. The molecule has 106 valence electrons. The number of rotatable bonds is 4. The van der Waals surface area contributed by atoms with Gasteiger partial charge in [-0.3, -0.25) is 0 Å². The smallest absolute Gasteiger partial charge is 0.407 e. The van der Waals surface area contributed by atoms with Crippen molar-refractivity contribution < 1.29 is 14.6 Å². The molecule has 0 unspecified atom stereocenters.